The van der Waals surface area contributed by atoms with Crippen molar-refractivity contribution in [3.05, 3.63) is 108 Å². The number of carbonyl (C=O) groups excluding carboxylic acids is 3. The largest absolute Gasteiger partial charge is 0.449 e. The maximum Gasteiger partial charge on any atom is 0.419 e. The number of fused-ring (bicyclic) bond motifs is 4. The maximum absolute atomic E-state index is 14.5. The predicted molar refractivity (Wildman–Crippen MR) is 207 cm³/mol. The molecule has 1 saturated heterocycles. The molecule has 1 spiro atoms. The number of hydrogen-bond acceptors (Lipinski definition) is 7. The summed E-state index contributed by atoms with van der Waals surface area (Å²) in [6.07, 6.45) is 7.37. The third kappa shape index (κ3) is 7.68. The normalized spacial score (nSPS) is 19.8. The molecule has 3 atom stereocenters. The molecule has 1 aliphatic heterocycles. The van der Waals surface area contributed by atoms with E-state index in [0.29, 0.717) is 30.7 Å². The number of nitrogens with zero attached hydrogens (tertiary/aromatic N) is 1. The summed E-state index contributed by atoms with van der Waals surface area (Å²) in [5, 5.41) is 6.94. The van der Waals surface area contributed by atoms with Crippen LogP contribution in [0.1, 0.15) is 81.9 Å². The SMILES string of the molecule is C=CCC[C@H]1CCC[C@@H](NC(=O)[C@H](Cc2cn(C(=O)OC(C)(C)C)c3ccccc23)NC(=O)OCC2c3ccccc3-c3ccccc32)C12OCCCO2. The zero-order chi connectivity index (χ0) is 37.9. The van der Waals surface area contributed by atoms with Gasteiger partial charge in [-0.05, 0) is 86.8 Å². The van der Waals surface area contributed by atoms with Gasteiger partial charge in [-0.15, -0.1) is 6.58 Å². The maximum atomic E-state index is 14.5. The molecule has 0 unspecified atom stereocenters. The Balaban J connectivity index is 1.16. The van der Waals surface area contributed by atoms with Crippen LogP contribution in [0, 0.1) is 5.92 Å². The second-order valence-electron chi connectivity index (χ2n) is 15.6. The van der Waals surface area contributed by atoms with Crippen molar-refractivity contribution in [2.45, 2.75) is 95.1 Å². The second-order valence-corrected chi connectivity index (χ2v) is 15.6. The van der Waals surface area contributed by atoms with Gasteiger partial charge in [0.15, 0.2) is 5.79 Å². The van der Waals surface area contributed by atoms with Crippen LogP contribution in [0.15, 0.2) is 91.6 Å². The Hall–Kier alpha value is -4.93. The number of amides is 2. The van der Waals surface area contributed by atoms with Gasteiger partial charge in [0.25, 0.3) is 0 Å². The van der Waals surface area contributed by atoms with Gasteiger partial charge in [-0.3, -0.25) is 9.36 Å². The highest BCUT2D eigenvalue weighted by Crippen LogP contribution is 2.45. The molecule has 284 valence electrons. The van der Waals surface area contributed by atoms with E-state index in [4.69, 9.17) is 18.9 Å². The third-order valence-corrected chi connectivity index (χ3v) is 10.8. The van der Waals surface area contributed by atoms with Crippen molar-refractivity contribution in [3.63, 3.8) is 0 Å². The van der Waals surface area contributed by atoms with E-state index >= 15 is 0 Å². The molecule has 3 aliphatic rings. The Bertz CT molecular complexity index is 1960. The van der Waals surface area contributed by atoms with Crippen LogP contribution in [-0.2, 0) is 30.2 Å². The van der Waals surface area contributed by atoms with Crippen molar-refractivity contribution in [3.8, 4) is 11.1 Å². The van der Waals surface area contributed by atoms with Crippen molar-refractivity contribution >= 4 is 29.0 Å². The number of carbonyl (C=O) groups is 3. The van der Waals surface area contributed by atoms with Crippen molar-refractivity contribution < 1.29 is 33.3 Å². The third-order valence-electron chi connectivity index (χ3n) is 10.8. The Morgan fingerprint density at radius 3 is 2.30 bits per heavy atom. The quantitative estimate of drug-likeness (QED) is 0.158. The zero-order valence-electron chi connectivity index (χ0n) is 31.5. The van der Waals surface area contributed by atoms with Crippen molar-refractivity contribution in [1.29, 1.82) is 0 Å². The van der Waals surface area contributed by atoms with Crippen LogP contribution >= 0.6 is 0 Å². The van der Waals surface area contributed by atoms with Crippen LogP contribution in [0.4, 0.5) is 9.59 Å². The van der Waals surface area contributed by atoms with Crippen LogP contribution in [0.5, 0.6) is 0 Å². The summed E-state index contributed by atoms with van der Waals surface area (Å²) < 4.78 is 26.0. The molecule has 10 heteroatoms. The molecule has 0 radical (unpaired) electrons. The molecule has 2 N–H and O–H groups in total. The molecule has 2 aliphatic carbocycles. The first-order chi connectivity index (χ1) is 26.1. The van der Waals surface area contributed by atoms with Gasteiger partial charge in [0, 0.05) is 29.8 Å². The average molecular weight is 734 g/mol. The predicted octanol–water partition coefficient (Wildman–Crippen LogP) is 8.26. The van der Waals surface area contributed by atoms with E-state index in [1.165, 1.54) is 4.57 Å². The van der Waals surface area contributed by atoms with E-state index in [0.717, 1.165) is 59.7 Å². The molecule has 2 heterocycles. The molecule has 7 rings (SSSR count). The minimum atomic E-state index is -1.05. The zero-order valence-corrected chi connectivity index (χ0v) is 31.5. The second kappa shape index (κ2) is 15.8. The van der Waals surface area contributed by atoms with E-state index < -0.39 is 35.7 Å². The van der Waals surface area contributed by atoms with E-state index in [1.807, 2.05) is 75.4 Å². The first kappa shape index (κ1) is 37.4. The minimum Gasteiger partial charge on any atom is -0.449 e. The van der Waals surface area contributed by atoms with E-state index in [9.17, 15) is 14.4 Å². The number of nitrogens with one attached hydrogen (secondary N) is 2. The molecule has 0 bridgehead atoms. The number of hydrogen-bond donors (Lipinski definition) is 2. The fourth-order valence-corrected chi connectivity index (χ4v) is 8.45. The van der Waals surface area contributed by atoms with Gasteiger partial charge in [-0.1, -0.05) is 79.2 Å². The van der Waals surface area contributed by atoms with Crippen molar-refractivity contribution in [2.75, 3.05) is 19.8 Å². The van der Waals surface area contributed by atoms with E-state index in [2.05, 4.69) is 41.5 Å². The molecule has 4 aromatic rings. The Morgan fingerprint density at radius 1 is 0.944 bits per heavy atom. The molecule has 10 nitrogen and oxygen atoms in total. The highest BCUT2D eigenvalue weighted by Gasteiger charge is 2.52. The lowest BCUT2D eigenvalue weighted by molar-refractivity contribution is -0.317. The van der Waals surface area contributed by atoms with Gasteiger partial charge in [0.1, 0.15) is 18.2 Å². The number of allylic oxidation sites excluding steroid dienone is 1. The van der Waals surface area contributed by atoms with Crippen molar-refractivity contribution in [1.82, 2.24) is 15.2 Å². The monoisotopic (exact) mass is 733 g/mol. The Kier molecular flexibility index (Phi) is 10.9. The number of benzene rings is 3. The van der Waals surface area contributed by atoms with Crippen LogP contribution in [0.2, 0.25) is 0 Å². The summed E-state index contributed by atoms with van der Waals surface area (Å²) in [7, 11) is 0. The fraction of sp³-hybridized carbons (Fsp3) is 0.432. The van der Waals surface area contributed by atoms with Gasteiger partial charge in [0.2, 0.25) is 5.91 Å². The van der Waals surface area contributed by atoms with Gasteiger partial charge < -0.3 is 29.6 Å². The standard InChI is InChI=1S/C44H51N3O7/c1-5-6-15-30-16-13-23-39(44(30)52-24-14-25-53-44)46-40(48)37(26-29-27-47(42(50)54-43(2,3)4)38-22-12-11-17-31(29)38)45-41(49)51-28-36-34-20-9-7-18-32(34)33-19-8-10-21-35(33)36/h5,7-12,17-22,27,30,36-37,39H,1,6,13-16,23-26,28H2,2-4H3,(H,45,49)(H,46,48)/t30-,37-,39+/m0/s1. The van der Waals surface area contributed by atoms with Gasteiger partial charge in [-0.25, -0.2) is 9.59 Å². The number of para-hydroxylation sites is 1. The molecule has 1 aromatic heterocycles. The molecule has 1 saturated carbocycles. The first-order valence-corrected chi connectivity index (χ1v) is 19.2. The molecule has 54 heavy (non-hydrogen) atoms. The highest BCUT2D eigenvalue weighted by atomic mass is 16.7. The number of aromatic nitrogens is 1. The first-order valence-electron chi connectivity index (χ1n) is 19.2. The summed E-state index contributed by atoms with van der Waals surface area (Å²) >= 11 is 0. The van der Waals surface area contributed by atoms with Crippen LogP contribution in [0.3, 0.4) is 0 Å². The Labute approximate surface area is 317 Å². The molecular weight excluding hydrogens is 682 g/mol. The number of alkyl carbamates (subject to hydrolysis) is 1. The fourth-order valence-electron chi connectivity index (χ4n) is 8.45. The minimum absolute atomic E-state index is 0.0789. The topological polar surface area (TPSA) is 117 Å². The lowest BCUT2D eigenvalue weighted by Gasteiger charge is -2.50. The average Bonchev–Trinajstić information content (AvgIpc) is 3.69. The number of rotatable bonds is 10. The lowest BCUT2D eigenvalue weighted by atomic mass is 9.76. The van der Waals surface area contributed by atoms with Crippen LogP contribution in [0.25, 0.3) is 22.0 Å². The Morgan fingerprint density at radius 2 is 1.61 bits per heavy atom. The van der Waals surface area contributed by atoms with Gasteiger partial charge in [-0.2, -0.15) is 0 Å². The summed E-state index contributed by atoms with van der Waals surface area (Å²) in [6.45, 7) is 10.6. The van der Waals surface area contributed by atoms with E-state index in [1.54, 1.807) is 6.20 Å². The van der Waals surface area contributed by atoms with Gasteiger partial charge in [0.05, 0.1) is 24.8 Å². The molecular formula is C44H51N3O7. The summed E-state index contributed by atoms with van der Waals surface area (Å²) in [4.78, 5) is 41.7. The van der Waals surface area contributed by atoms with Gasteiger partial charge >= 0.3 is 12.2 Å². The highest BCUT2D eigenvalue weighted by molar-refractivity contribution is 5.93. The molecule has 2 fully saturated rings. The van der Waals surface area contributed by atoms with Crippen molar-refractivity contribution in [2.24, 2.45) is 5.92 Å². The van der Waals surface area contributed by atoms with E-state index in [-0.39, 0.29) is 30.8 Å². The number of ether oxygens (including phenoxy) is 4. The smallest absolute Gasteiger partial charge is 0.419 e. The summed E-state index contributed by atoms with van der Waals surface area (Å²) in [6, 6.07) is 22.3. The molecule has 2 amide bonds. The lowest BCUT2D eigenvalue weighted by Crippen LogP contribution is -2.65. The van der Waals surface area contributed by atoms with Crippen LogP contribution in [-0.4, -0.2) is 66.0 Å². The molecule has 3 aromatic carbocycles. The van der Waals surface area contributed by atoms with Crippen LogP contribution < -0.4 is 10.6 Å². The summed E-state index contributed by atoms with van der Waals surface area (Å²) in [5.74, 6) is -1.41. The summed E-state index contributed by atoms with van der Waals surface area (Å²) in [5.41, 5.74) is 5.07.